The first-order valence-corrected chi connectivity index (χ1v) is 7.25. The highest BCUT2D eigenvalue weighted by atomic mass is 16.4. The van der Waals surface area contributed by atoms with Gasteiger partial charge in [-0.1, -0.05) is 58.0 Å². The van der Waals surface area contributed by atoms with Crippen LogP contribution in [-0.4, -0.2) is 24.2 Å². The predicted molar refractivity (Wildman–Crippen MR) is 80.6 cm³/mol. The van der Waals surface area contributed by atoms with E-state index < -0.39 is 11.4 Å². The van der Waals surface area contributed by atoms with Crippen LogP contribution >= 0.6 is 0 Å². The van der Waals surface area contributed by atoms with E-state index in [1.807, 2.05) is 58.0 Å². The number of nitrogens with one attached hydrogen (secondary N) is 1. The van der Waals surface area contributed by atoms with E-state index in [1.165, 1.54) is 0 Å². The Morgan fingerprint density at radius 3 is 1.95 bits per heavy atom. The van der Waals surface area contributed by atoms with Crippen LogP contribution in [0.5, 0.6) is 0 Å². The first kappa shape index (κ1) is 17.6. The van der Waals surface area contributed by atoms with Gasteiger partial charge in [-0.15, -0.1) is 0 Å². The zero-order valence-corrected chi connectivity index (χ0v) is 12.6. The molecule has 0 atom stereocenters. The highest BCUT2D eigenvalue weighted by Gasteiger charge is 2.40. The first-order chi connectivity index (χ1) is 9.26. The Bertz CT molecular complexity index is 343. The summed E-state index contributed by atoms with van der Waals surface area (Å²) in [7, 11) is 0. The lowest BCUT2D eigenvalue weighted by molar-refractivity contribution is -0.145. The van der Waals surface area contributed by atoms with E-state index >= 15 is 0 Å². The smallest absolute Gasteiger partial charge is 0.314 e. The van der Waals surface area contributed by atoms with Crippen molar-refractivity contribution >= 4 is 5.97 Å². The van der Waals surface area contributed by atoms with Gasteiger partial charge in [-0.2, -0.15) is 0 Å². The summed E-state index contributed by atoms with van der Waals surface area (Å²) in [5, 5.41) is 12.6. The molecule has 1 aliphatic rings. The summed E-state index contributed by atoms with van der Waals surface area (Å²) in [5.41, 5.74) is 0.256. The first-order valence-electron chi connectivity index (χ1n) is 7.25. The lowest BCUT2D eigenvalue weighted by Crippen LogP contribution is -2.45. The normalized spacial score (nSPS) is 16.2. The molecule has 1 aromatic carbocycles. The van der Waals surface area contributed by atoms with Crippen LogP contribution in [0.15, 0.2) is 30.3 Å². The van der Waals surface area contributed by atoms with Gasteiger partial charge >= 0.3 is 5.97 Å². The maximum absolute atomic E-state index is 11.4. The number of carboxylic acid groups (broad SMARTS) is 1. The second-order valence-electron chi connectivity index (χ2n) is 4.00. The number of benzene rings is 1. The van der Waals surface area contributed by atoms with Gasteiger partial charge < -0.3 is 10.4 Å². The second-order valence-corrected chi connectivity index (χ2v) is 4.00. The van der Waals surface area contributed by atoms with E-state index in [0.29, 0.717) is 12.8 Å². The van der Waals surface area contributed by atoms with E-state index in [-0.39, 0.29) is 0 Å². The minimum Gasteiger partial charge on any atom is -0.481 e. The van der Waals surface area contributed by atoms with Crippen LogP contribution in [0.1, 0.15) is 46.1 Å². The molecule has 0 spiro atoms. The number of hydrogen-bond donors (Lipinski definition) is 2. The van der Waals surface area contributed by atoms with E-state index in [0.717, 1.165) is 18.7 Å². The average Bonchev–Trinajstić information content (AvgIpc) is 2.52. The molecule has 0 unspecified atom stereocenters. The van der Waals surface area contributed by atoms with Crippen molar-refractivity contribution in [3.05, 3.63) is 35.9 Å². The minimum absolute atomic E-state index is 0.673. The number of carbonyl (C=O) groups is 1. The molecule has 1 saturated heterocycles. The Morgan fingerprint density at radius 2 is 1.53 bits per heavy atom. The Kier molecular flexibility index (Phi) is 8.88. The van der Waals surface area contributed by atoms with Crippen LogP contribution in [0.3, 0.4) is 0 Å². The third kappa shape index (κ3) is 4.35. The molecule has 3 nitrogen and oxygen atoms in total. The second kappa shape index (κ2) is 9.56. The molecular formula is C16H27NO2. The molecule has 0 saturated carbocycles. The maximum Gasteiger partial charge on any atom is 0.314 e. The Labute approximate surface area is 117 Å². The number of aliphatic carboxylic acids is 1. The van der Waals surface area contributed by atoms with E-state index in [1.54, 1.807) is 0 Å². The van der Waals surface area contributed by atoms with Crippen molar-refractivity contribution in [1.82, 2.24) is 5.32 Å². The van der Waals surface area contributed by atoms with Gasteiger partial charge in [-0.3, -0.25) is 4.79 Å². The van der Waals surface area contributed by atoms with Gasteiger partial charge in [0.15, 0.2) is 0 Å². The van der Waals surface area contributed by atoms with Crippen molar-refractivity contribution in [3.8, 4) is 0 Å². The molecular weight excluding hydrogens is 238 g/mol. The number of carboxylic acids is 1. The van der Waals surface area contributed by atoms with Crippen LogP contribution in [0.2, 0.25) is 0 Å². The lowest BCUT2D eigenvalue weighted by Gasteiger charge is -2.34. The van der Waals surface area contributed by atoms with Gasteiger partial charge in [0, 0.05) is 0 Å². The number of piperidine rings is 1. The van der Waals surface area contributed by atoms with Gasteiger partial charge in [-0.25, -0.2) is 0 Å². The highest BCUT2D eigenvalue weighted by Crippen LogP contribution is 2.33. The summed E-state index contributed by atoms with van der Waals surface area (Å²) in [6, 6.07) is 9.56. The van der Waals surface area contributed by atoms with Crippen molar-refractivity contribution in [1.29, 1.82) is 0 Å². The van der Waals surface area contributed by atoms with Crippen molar-refractivity contribution < 1.29 is 9.90 Å². The van der Waals surface area contributed by atoms with Crippen molar-refractivity contribution in [2.45, 2.75) is 46.0 Å². The van der Waals surface area contributed by atoms with Crippen molar-refractivity contribution in [2.24, 2.45) is 0 Å². The van der Waals surface area contributed by atoms with Crippen LogP contribution in [-0.2, 0) is 10.2 Å². The van der Waals surface area contributed by atoms with Crippen molar-refractivity contribution in [3.63, 3.8) is 0 Å². The number of hydrogen-bond acceptors (Lipinski definition) is 2. The summed E-state index contributed by atoms with van der Waals surface area (Å²) in [4.78, 5) is 11.4. The topological polar surface area (TPSA) is 49.3 Å². The fraction of sp³-hybridized carbons (Fsp3) is 0.562. The standard InChI is InChI=1S/C12H15NO2.2C2H6/c14-11(15)12(6-8-13-9-7-12)10-4-2-1-3-5-10;2*1-2/h1-5,13H,6-9H2,(H,14,15);2*1-2H3. The molecule has 1 aliphatic heterocycles. The molecule has 0 radical (unpaired) electrons. The van der Waals surface area contributed by atoms with E-state index in [2.05, 4.69) is 5.32 Å². The molecule has 108 valence electrons. The third-order valence-corrected chi connectivity index (χ3v) is 3.19. The van der Waals surface area contributed by atoms with E-state index in [9.17, 15) is 9.90 Å². The van der Waals surface area contributed by atoms with Crippen molar-refractivity contribution in [2.75, 3.05) is 13.1 Å². The molecule has 0 bridgehead atoms. The maximum atomic E-state index is 11.4. The van der Waals surface area contributed by atoms with Gasteiger partial charge in [0.25, 0.3) is 0 Å². The fourth-order valence-corrected chi connectivity index (χ4v) is 2.24. The largest absolute Gasteiger partial charge is 0.481 e. The van der Waals surface area contributed by atoms with Gasteiger partial charge in [-0.05, 0) is 31.5 Å². The minimum atomic E-state index is -0.699. The highest BCUT2D eigenvalue weighted by molar-refractivity contribution is 5.81. The quantitative estimate of drug-likeness (QED) is 0.861. The Hall–Kier alpha value is -1.35. The molecule has 1 aromatic rings. The fourth-order valence-electron chi connectivity index (χ4n) is 2.24. The molecule has 2 rings (SSSR count). The van der Waals surface area contributed by atoms with Crippen LogP contribution in [0, 0.1) is 0 Å². The van der Waals surface area contributed by atoms with Gasteiger partial charge in [0.05, 0.1) is 5.41 Å². The zero-order valence-electron chi connectivity index (χ0n) is 12.6. The predicted octanol–water partition coefficient (Wildman–Crippen LogP) is 3.44. The van der Waals surface area contributed by atoms with E-state index in [4.69, 9.17) is 0 Å². The molecule has 0 aromatic heterocycles. The SMILES string of the molecule is CC.CC.O=C(O)C1(c2ccccc2)CCNCC1. The summed E-state index contributed by atoms with van der Waals surface area (Å²) >= 11 is 0. The molecule has 1 heterocycles. The van der Waals surface area contributed by atoms with Crippen LogP contribution < -0.4 is 5.32 Å². The lowest BCUT2D eigenvalue weighted by atomic mass is 9.73. The Morgan fingerprint density at radius 1 is 1.05 bits per heavy atom. The summed E-state index contributed by atoms with van der Waals surface area (Å²) in [5.74, 6) is -0.699. The van der Waals surface area contributed by atoms with Gasteiger partial charge in [0.1, 0.15) is 0 Å². The average molecular weight is 265 g/mol. The summed E-state index contributed by atoms with van der Waals surface area (Å²) in [6.07, 6.45) is 1.35. The zero-order chi connectivity index (χ0) is 14.7. The monoisotopic (exact) mass is 265 g/mol. The number of rotatable bonds is 2. The van der Waals surface area contributed by atoms with Gasteiger partial charge in [0.2, 0.25) is 0 Å². The molecule has 0 aliphatic carbocycles. The molecule has 0 amide bonds. The third-order valence-electron chi connectivity index (χ3n) is 3.19. The summed E-state index contributed by atoms with van der Waals surface area (Å²) in [6.45, 7) is 9.56. The van der Waals surface area contributed by atoms with Crippen LogP contribution in [0.25, 0.3) is 0 Å². The van der Waals surface area contributed by atoms with Crippen LogP contribution in [0.4, 0.5) is 0 Å². The Balaban J connectivity index is 0.000000741. The molecule has 2 N–H and O–H groups in total. The molecule has 3 heteroatoms. The molecule has 1 fully saturated rings. The summed E-state index contributed by atoms with van der Waals surface area (Å²) < 4.78 is 0. The molecule has 19 heavy (non-hydrogen) atoms.